The van der Waals surface area contributed by atoms with E-state index in [1.807, 2.05) is 6.07 Å². The topological polar surface area (TPSA) is 60.2 Å². The van der Waals surface area contributed by atoms with E-state index in [1.165, 1.54) is 12.1 Å². The van der Waals surface area contributed by atoms with E-state index in [-0.39, 0.29) is 5.82 Å². The van der Waals surface area contributed by atoms with Gasteiger partial charge in [-0.25, -0.2) is 15.2 Å². The number of nitrogens with one attached hydrogen (secondary N) is 1. The summed E-state index contributed by atoms with van der Waals surface area (Å²) in [5.41, 5.74) is 3.30. The molecule has 1 aromatic heterocycles. The molecule has 94 valence electrons. The Labute approximate surface area is 112 Å². The van der Waals surface area contributed by atoms with Crippen LogP contribution in [-0.4, -0.2) is 4.98 Å². The molecular weight excluding hydrogens is 301 g/mol. The summed E-state index contributed by atoms with van der Waals surface area (Å²) in [5, 5.41) is 0. The van der Waals surface area contributed by atoms with Crippen molar-refractivity contribution < 1.29 is 9.13 Å². The van der Waals surface area contributed by atoms with Crippen LogP contribution >= 0.6 is 15.9 Å². The van der Waals surface area contributed by atoms with E-state index in [4.69, 9.17) is 10.6 Å². The maximum atomic E-state index is 13.0. The number of rotatable bonds is 4. The second kappa shape index (κ2) is 5.79. The van der Waals surface area contributed by atoms with Crippen molar-refractivity contribution in [1.82, 2.24) is 4.98 Å². The summed E-state index contributed by atoms with van der Waals surface area (Å²) in [7, 11) is 0. The molecule has 18 heavy (non-hydrogen) atoms. The zero-order valence-corrected chi connectivity index (χ0v) is 10.9. The molecule has 2 aromatic rings. The van der Waals surface area contributed by atoms with Crippen molar-refractivity contribution >= 4 is 21.7 Å². The van der Waals surface area contributed by atoms with Gasteiger partial charge in [0.2, 0.25) is 0 Å². The van der Waals surface area contributed by atoms with Crippen LogP contribution in [0.3, 0.4) is 0 Å². The van der Waals surface area contributed by atoms with E-state index in [0.29, 0.717) is 22.6 Å². The van der Waals surface area contributed by atoms with Crippen LogP contribution in [0.4, 0.5) is 10.2 Å². The number of hydrogen-bond donors (Lipinski definition) is 2. The highest BCUT2D eigenvalue weighted by Gasteiger charge is 2.03. The number of hydrogen-bond acceptors (Lipinski definition) is 4. The highest BCUT2D eigenvalue weighted by atomic mass is 79.9. The van der Waals surface area contributed by atoms with Crippen LogP contribution in [0.1, 0.15) is 5.56 Å². The summed E-state index contributed by atoms with van der Waals surface area (Å²) in [5.74, 6) is 5.90. The molecule has 0 atom stereocenters. The van der Waals surface area contributed by atoms with Crippen LogP contribution in [0.25, 0.3) is 0 Å². The Morgan fingerprint density at radius 1 is 1.33 bits per heavy atom. The second-order valence-electron chi connectivity index (χ2n) is 3.56. The predicted octanol–water partition coefficient (Wildman–Crippen LogP) is 2.85. The summed E-state index contributed by atoms with van der Waals surface area (Å²) in [6, 6.07) is 7.85. The van der Waals surface area contributed by atoms with Crippen molar-refractivity contribution in [3.05, 3.63) is 52.4 Å². The first-order valence-electron chi connectivity index (χ1n) is 5.18. The van der Waals surface area contributed by atoms with Crippen LogP contribution in [0, 0.1) is 5.82 Å². The predicted molar refractivity (Wildman–Crippen MR) is 70.5 cm³/mol. The Hall–Kier alpha value is -1.66. The van der Waals surface area contributed by atoms with Crippen LogP contribution in [-0.2, 0) is 6.61 Å². The molecule has 0 saturated heterocycles. The zero-order chi connectivity index (χ0) is 13.0. The minimum absolute atomic E-state index is 0.305. The average molecular weight is 312 g/mol. The molecule has 3 N–H and O–H groups in total. The second-order valence-corrected chi connectivity index (χ2v) is 4.41. The standard InChI is InChI=1S/C12H11BrFN3O/c13-10-3-2-9(14)5-11(10)18-7-8-1-4-12(17-15)16-6-8/h1-6H,7,15H2,(H,16,17). The molecule has 0 aliphatic heterocycles. The van der Waals surface area contributed by atoms with Crippen molar-refractivity contribution in [2.45, 2.75) is 6.61 Å². The molecule has 0 bridgehead atoms. The van der Waals surface area contributed by atoms with E-state index < -0.39 is 0 Å². The van der Waals surface area contributed by atoms with Gasteiger partial charge in [0, 0.05) is 17.8 Å². The molecule has 0 fully saturated rings. The lowest BCUT2D eigenvalue weighted by Crippen LogP contribution is -2.08. The Bertz CT molecular complexity index is 533. The highest BCUT2D eigenvalue weighted by Crippen LogP contribution is 2.26. The van der Waals surface area contributed by atoms with Crippen LogP contribution in [0.5, 0.6) is 5.75 Å². The maximum absolute atomic E-state index is 13.0. The summed E-state index contributed by atoms with van der Waals surface area (Å²) < 4.78 is 19.2. The molecule has 6 heteroatoms. The van der Waals surface area contributed by atoms with Gasteiger partial charge in [-0.3, -0.25) is 0 Å². The number of pyridine rings is 1. The van der Waals surface area contributed by atoms with Gasteiger partial charge in [0.15, 0.2) is 0 Å². The Morgan fingerprint density at radius 2 is 2.17 bits per heavy atom. The van der Waals surface area contributed by atoms with E-state index in [1.54, 1.807) is 18.3 Å². The quantitative estimate of drug-likeness (QED) is 0.673. The molecular formula is C12H11BrFN3O. The number of anilines is 1. The lowest BCUT2D eigenvalue weighted by atomic mass is 10.3. The van der Waals surface area contributed by atoms with Crippen LogP contribution in [0.15, 0.2) is 41.0 Å². The Kier molecular flexibility index (Phi) is 4.11. The van der Waals surface area contributed by atoms with E-state index >= 15 is 0 Å². The summed E-state index contributed by atoms with van der Waals surface area (Å²) in [6.07, 6.45) is 1.64. The average Bonchev–Trinajstić information content (AvgIpc) is 2.40. The molecule has 0 spiro atoms. The van der Waals surface area contributed by atoms with Gasteiger partial charge in [0.1, 0.15) is 24.0 Å². The molecule has 2 rings (SSSR count). The number of benzene rings is 1. The minimum Gasteiger partial charge on any atom is -0.488 e. The third-order valence-electron chi connectivity index (χ3n) is 2.26. The zero-order valence-electron chi connectivity index (χ0n) is 9.36. The third-order valence-corrected chi connectivity index (χ3v) is 2.92. The summed E-state index contributed by atoms with van der Waals surface area (Å²) in [6.45, 7) is 0.305. The molecule has 0 saturated carbocycles. The Morgan fingerprint density at radius 3 is 2.83 bits per heavy atom. The first-order valence-corrected chi connectivity index (χ1v) is 5.98. The van der Waals surface area contributed by atoms with E-state index in [2.05, 4.69) is 26.3 Å². The molecule has 0 aliphatic rings. The van der Waals surface area contributed by atoms with Gasteiger partial charge < -0.3 is 10.2 Å². The van der Waals surface area contributed by atoms with E-state index in [0.717, 1.165) is 5.56 Å². The monoisotopic (exact) mass is 311 g/mol. The first-order chi connectivity index (χ1) is 8.69. The fourth-order valence-electron chi connectivity index (χ4n) is 1.34. The molecule has 4 nitrogen and oxygen atoms in total. The van der Waals surface area contributed by atoms with Crippen molar-refractivity contribution in [3.63, 3.8) is 0 Å². The molecule has 1 aromatic carbocycles. The van der Waals surface area contributed by atoms with Gasteiger partial charge in [0.25, 0.3) is 0 Å². The molecule has 0 amide bonds. The minimum atomic E-state index is -0.339. The fourth-order valence-corrected chi connectivity index (χ4v) is 1.71. The summed E-state index contributed by atoms with van der Waals surface area (Å²) >= 11 is 3.29. The van der Waals surface area contributed by atoms with Crippen molar-refractivity contribution in [2.24, 2.45) is 5.84 Å². The lowest BCUT2D eigenvalue weighted by Gasteiger charge is -2.08. The normalized spacial score (nSPS) is 10.2. The number of nitrogen functional groups attached to an aromatic ring is 1. The van der Waals surface area contributed by atoms with Gasteiger partial charge in [-0.2, -0.15) is 0 Å². The molecule has 0 aliphatic carbocycles. The number of nitrogens with zero attached hydrogens (tertiary/aromatic N) is 1. The van der Waals surface area contributed by atoms with Gasteiger partial charge in [-0.05, 0) is 34.1 Å². The highest BCUT2D eigenvalue weighted by molar-refractivity contribution is 9.10. The molecule has 1 heterocycles. The van der Waals surface area contributed by atoms with Gasteiger partial charge in [-0.1, -0.05) is 6.07 Å². The number of ether oxygens (including phenoxy) is 1. The van der Waals surface area contributed by atoms with Crippen molar-refractivity contribution in [3.8, 4) is 5.75 Å². The van der Waals surface area contributed by atoms with Crippen LogP contribution in [0.2, 0.25) is 0 Å². The van der Waals surface area contributed by atoms with E-state index in [9.17, 15) is 4.39 Å². The molecule has 0 unspecified atom stereocenters. The van der Waals surface area contributed by atoms with Crippen molar-refractivity contribution in [1.29, 1.82) is 0 Å². The number of aromatic nitrogens is 1. The molecule has 0 radical (unpaired) electrons. The van der Waals surface area contributed by atoms with Gasteiger partial charge in [-0.15, -0.1) is 0 Å². The Balaban J connectivity index is 2.04. The largest absolute Gasteiger partial charge is 0.488 e. The third kappa shape index (κ3) is 3.18. The summed E-state index contributed by atoms with van der Waals surface area (Å²) in [4.78, 5) is 4.05. The SMILES string of the molecule is NNc1ccc(COc2cc(F)ccc2Br)cn1. The maximum Gasteiger partial charge on any atom is 0.139 e. The van der Waals surface area contributed by atoms with Gasteiger partial charge in [0.05, 0.1) is 4.47 Å². The lowest BCUT2D eigenvalue weighted by molar-refractivity contribution is 0.302. The fraction of sp³-hybridized carbons (Fsp3) is 0.0833. The van der Waals surface area contributed by atoms with Crippen LogP contribution < -0.4 is 16.0 Å². The van der Waals surface area contributed by atoms with Gasteiger partial charge >= 0.3 is 0 Å². The number of hydrazine groups is 1. The number of halogens is 2. The smallest absolute Gasteiger partial charge is 0.139 e. The van der Waals surface area contributed by atoms with Crippen molar-refractivity contribution in [2.75, 3.05) is 5.43 Å². The first kappa shape index (κ1) is 12.8. The number of nitrogens with two attached hydrogens (primary N) is 1.